The molecule has 0 aliphatic rings. The topological polar surface area (TPSA) is 17.1 Å². The van der Waals surface area contributed by atoms with Crippen molar-refractivity contribution in [2.24, 2.45) is 0 Å². The smallest absolute Gasteiger partial charge is 0.0504 e. The van der Waals surface area contributed by atoms with E-state index in [1.54, 1.807) is 12.3 Å². The van der Waals surface area contributed by atoms with Gasteiger partial charge in [-0.05, 0) is 35.4 Å². The van der Waals surface area contributed by atoms with Crippen molar-refractivity contribution in [2.45, 2.75) is 4.90 Å². The highest BCUT2D eigenvalue weighted by Crippen LogP contribution is 2.30. The lowest BCUT2D eigenvalue weighted by Gasteiger charge is -2.08. The van der Waals surface area contributed by atoms with E-state index in [1.165, 1.54) is 0 Å². The van der Waals surface area contributed by atoms with Gasteiger partial charge in [-0.1, -0.05) is 41.4 Å². The van der Waals surface area contributed by atoms with Crippen molar-refractivity contribution in [1.29, 1.82) is 0 Å². The number of benzene rings is 2. The van der Waals surface area contributed by atoms with E-state index in [9.17, 15) is 4.21 Å². The minimum absolute atomic E-state index is 0.573. The molecule has 0 heterocycles. The molecule has 0 spiro atoms. The van der Waals surface area contributed by atoms with Crippen molar-refractivity contribution in [2.75, 3.05) is 6.26 Å². The maximum atomic E-state index is 11.7. The van der Waals surface area contributed by atoms with Crippen LogP contribution in [0.3, 0.4) is 0 Å². The molecule has 4 heteroatoms. The summed E-state index contributed by atoms with van der Waals surface area (Å²) in [6.07, 6.45) is 1.66. The fourth-order valence-electron chi connectivity index (χ4n) is 1.67. The summed E-state index contributed by atoms with van der Waals surface area (Å²) in [6, 6.07) is 12.8. The van der Waals surface area contributed by atoms with Gasteiger partial charge >= 0.3 is 0 Å². The lowest BCUT2D eigenvalue weighted by atomic mass is 10.1. The zero-order valence-corrected chi connectivity index (χ0v) is 11.4. The Morgan fingerprint density at radius 3 is 2.18 bits per heavy atom. The van der Waals surface area contributed by atoms with Gasteiger partial charge in [-0.3, -0.25) is 4.21 Å². The molecule has 17 heavy (non-hydrogen) atoms. The third kappa shape index (κ3) is 2.89. The van der Waals surface area contributed by atoms with Gasteiger partial charge < -0.3 is 0 Å². The average molecular weight is 285 g/mol. The van der Waals surface area contributed by atoms with E-state index in [2.05, 4.69) is 0 Å². The van der Waals surface area contributed by atoms with Gasteiger partial charge in [0.15, 0.2) is 0 Å². The molecule has 0 saturated heterocycles. The average Bonchev–Trinajstić information content (AvgIpc) is 2.27. The third-order valence-corrected chi connectivity index (χ3v) is 3.78. The lowest BCUT2D eigenvalue weighted by molar-refractivity contribution is 0.687. The molecule has 2 aromatic carbocycles. The zero-order chi connectivity index (χ0) is 12.4. The largest absolute Gasteiger partial charge is 0.255 e. The van der Waals surface area contributed by atoms with Crippen LogP contribution in [0.25, 0.3) is 11.1 Å². The highest BCUT2D eigenvalue weighted by atomic mass is 35.5. The van der Waals surface area contributed by atoms with Crippen molar-refractivity contribution < 1.29 is 4.21 Å². The number of rotatable bonds is 2. The van der Waals surface area contributed by atoms with Crippen LogP contribution in [0.4, 0.5) is 0 Å². The molecule has 0 N–H and O–H groups in total. The van der Waals surface area contributed by atoms with E-state index in [4.69, 9.17) is 23.2 Å². The molecule has 88 valence electrons. The molecule has 0 aromatic heterocycles. The molecule has 0 radical (unpaired) electrons. The molecular formula is C13H10Cl2OS. The summed E-state index contributed by atoms with van der Waals surface area (Å²) in [5.41, 5.74) is 1.78. The predicted molar refractivity (Wildman–Crippen MR) is 74.2 cm³/mol. The van der Waals surface area contributed by atoms with E-state index in [-0.39, 0.29) is 0 Å². The Morgan fingerprint density at radius 2 is 1.59 bits per heavy atom. The first-order valence-electron chi connectivity index (χ1n) is 4.97. The van der Waals surface area contributed by atoms with Gasteiger partial charge in [-0.15, -0.1) is 0 Å². The summed E-state index contributed by atoms with van der Waals surface area (Å²) in [7, 11) is -1.04. The molecule has 1 atom stereocenters. The van der Waals surface area contributed by atoms with Crippen LogP contribution in [0.2, 0.25) is 10.0 Å². The molecule has 0 aliphatic heterocycles. The monoisotopic (exact) mass is 284 g/mol. The summed E-state index contributed by atoms with van der Waals surface area (Å²) >= 11 is 11.9. The SMILES string of the molecule is CS(=O)c1ccccc1-c1cc(Cl)cc(Cl)c1. The van der Waals surface area contributed by atoms with Crippen molar-refractivity contribution >= 4 is 34.0 Å². The maximum Gasteiger partial charge on any atom is 0.0504 e. The zero-order valence-electron chi connectivity index (χ0n) is 9.11. The van der Waals surface area contributed by atoms with Crippen LogP contribution in [-0.2, 0) is 10.8 Å². The van der Waals surface area contributed by atoms with E-state index in [0.717, 1.165) is 16.0 Å². The van der Waals surface area contributed by atoms with Gasteiger partial charge in [0, 0.05) is 21.2 Å². The molecule has 0 aliphatic carbocycles. The second kappa shape index (κ2) is 5.21. The van der Waals surface area contributed by atoms with E-state index in [0.29, 0.717) is 10.0 Å². The molecule has 2 aromatic rings. The fraction of sp³-hybridized carbons (Fsp3) is 0.0769. The standard InChI is InChI=1S/C13H10Cl2OS/c1-17(16)13-5-3-2-4-12(13)9-6-10(14)8-11(15)7-9/h2-8H,1H3. The Labute approximate surface area is 113 Å². The highest BCUT2D eigenvalue weighted by molar-refractivity contribution is 7.84. The molecule has 2 rings (SSSR count). The third-order valence-electron chi connectivity index (χ3n) is 2.37. The van der Waals surface area contributed by atoms with Crippen LogP contribution in [-0.4, -0.2) is 10.5 Å². The second-order valence-corrected chi connectivity index (χ2v) is 5.83. The Hall–Kier alpha value is -0.830. The number of hydrogen-bond donors (Lipinski definition) is 0. The van der Waals surface area contributed by atoms with Crippen LogP contribution in [0.1, 0.15) is 0 Å². The molecule has 0 saturated carbocycles. The van der Waals surface area contributed by atoms with Crippen LogP contribution in [0.5, 0.6) is 0 Å². The number of hydrogen-bond acceptors (Lipinski definition) is 1. The molecule has 0 amide bonds. The van der Waals surface area contributed by atoms with Gasteiger partial charge in [-0.25, -0.2) is 0 Å². The van der Waals surface area contributed by atoms with E-state index in [1.807, 2.05) is 36.4 Å². The molecule has 1 unspecified atom stereocenters. The van der Waals surface area contributed by atoms with Gasteiger partial charge in [0.1, 0.15) is 0 Å². The van der Waals surface area contributed by atoms with Crippen LogP contribution >= 0.6 is 23.2 Å². The summed E-state index contributed by atoms with van der Waals surface area (Å²) in [4.78, 5) is 0.783. The summed E-state index contributed by atoms with van der Waals surface area (Å²) in [5.74, 6) is 0. The first-order chi connectivity index (χ1) is 8.08. The normalized spacial score (nSPS) is 12.4. The Morgan fingerprint density at radius 1 is 1.00 bits per heavy atom. The van der Waals surface area contributed by atoms with Gasteiger partial charge in [0.05, 0.1) is 10.8 Å². The van der Waals surface area contributed by atoms with Crippen molar-refractivity contribution in [1.82, 2.24) is 0 Å². The molecular weight excluding hydrogens is 275 g/mol. The first kappa shape index (κ1) is 12.6. The Balaban J connectivity index is 2.64. The summed E-state index contributed by atoms with van der Waals surface area (Å²) < 4.78 is 11.7. The van der Waals surface area contributed by atoms with Crippen LogP contribution in [0.15, 0.2) is 47.4 Å². The maximum absolute atomic E-state index is 11.7. The highest BCUT2D eigenvalue weighted by Gasteiger charge is 2.08. The summed E-state index contributed by atoms with van der Waals surface area (Å²) in [5, 5.41) is 1.15. The lowest BCUT2D eigenvalue weighted by Crippen LogP contribution is -1.91. The Bertz CT molecular complexity index is 561. The molecule has 0 fully saturated rings. The van der Waals surface area contributed by atoms with Crippen LogP contribution < -0.4 is 0 Å². The Kier molecular flexibility index (Phi) is 3.87. The van der Waals surface area contributed by atoms with Gasteiger partial charge in [0.25, 0.3) is 0 Å². The van der Waals surface area contributed by atoms with E-state index >= 15 is 0 Å². The fourth-order valence-corrected chi connectivity index (χ4v) is 2.96. The minimum atomic E-state index is -1.04. The first-order valence-corrected chi connectivity index (χ1v) is 7.28. The van der Waals surface area contributed by atoms with E-state index < -0.39 is 10.8 Å². The van der Waals surface area contributed by atoms with Gasteiger partial charge in [-0.2, -0.15) is 0 Å². The number of halogens is 2. The van der Waals surface area contributed by atoms with Crippen LogP contribution in [0, 0.1) is 0 Å². The summed E-state index contributed by atoms with van der Waals surface area (Å²) in [6.45, 7) is 0. The predicted octanol–water partition coefficient (Wildman–Crippen LogP) is 4.40. The second-order valence-electron chi connectivity index (χ2n) is 3.61. The minimum Gasteiger partial charge on any atom is -0.255 e. The van der Waals surface area contributed by atoms with Crippen molar-refractivity contribution in [3.8, 4) is 11.1 Å². The van der Waals surface area contributed by atoms with Gasteiger partial charge in [0.2, 0.25) is 0 Å². The quantitative estimate of drug-likeness (QED) is 0.799. The molecule has 0 bridgehead atoms. The molecule has 1 nitrogen and oxygen atoms in total. The van der Waals surface area contributed by atoms with Crippen molar-refractivity contribution in [3.63, 3.8) is 0 Å². The van der Waals surface area contributed by atoms with Crippen molar-refractivity contribution in [3.05, 3.63) is 52.5 Å².